The van der Waals surface area contributed by atoms with Gasteiger partial charge in [-0.1, -0.05) is 43.0 Å². The lowest BCUT2D eigenvalue weighted by molar-refractivity contribution is 0.122. The SMILES string of the molecule is S=C(NCC1(c2cccc(Cl)c2)CCCCC1)Nc1nc(Sc2ncccn2)cc(N2CCOCC2)n1. The first-order valence-corrected chi connectivity index (χ1v) is 14.2. The number of benzene rings is 1. The van der Waals surface area contributed by atoms with Crippen LogP contribution in [0.2, 0.25) is 5.02 Å². The topological polar surface area (TPSA) is 88.1 Å². The molecule has 1 saturated heterocycles. The van der Waals surface area contributed by atoms with Gasteiger partial charge >= 0.3 is 0 Å². The number of hydrogen-bond acceptors (Lipinski definition) is 8. The second-order valence-corrected chi connectivity index (χ2v) is 11.1. The number of thiocarbonyl (C=S) groups is 1. The third-order valence-electron chi connectivity index (χ3n) is 6.82. The van der Waals surface area contributed by atoms with E-state index in [1.807, 2.05) is 18.2 Å². The molecule has 1 aliphatic heterocycles. The van der Waals surface area contributed by atoms with Crippen molar-refractivity contribution in [1.29, 1.82) is 0 Å². The van der Waals surface area contributed by atoms with Crippen LogP contribution < -0.4 is 15.5 Å². The Kier molecular flexibility index (Phi) is 8.70. The van der Waals surface area contributed by atoms with Gasteiger partial charge < -0.3 is 20.3 Å². The molecule has 3 heterocycles. The summed E-state index contributed by atoms with van der Waals surface area (Å²) in [5.74, 6) is 1.27. The van der Waals surface area contributed by atoms with Crippen molar-refractivity contribution in [3.8, 4) is 0 Å². The Morgan fingerprint density at radius 1 is 1.05 bits per heavy atom. The van der Waals surface area contributed by atoms with Gasteiger partial charge in [0.2, 0.25) is 5.95 Å². The Labute approximate surface area is 232 Å². The average molecular weight is 556 g/mol. The Bertz CT molecular complexity index is 1200. The zero-order valence-corrected chi connectivity index (χ0v) is 22.9. The normalized spacial score (nSPS) is 17.3. The van der Waals surface area contributed by atoms with Crippen LogP contribution in [0.3, 0.4) is 0 Å². The van der Waals surface area contributed by atoms with Crippen LogP contribution in [-0.4, -0.2) is 57.9 Å². The van der Waals surface area contributed by atoms with Crippen LogP contribution in [0, 0.1) is 0 Å². The second kappa shape index (κ2) is 12.3. The lowest BCUT2D eigenvalue weighted by Gasteiger charge is -2.38. The summed E-state index contributed by atoms with van der Waals surface area (Å²) in [6.07, 6.45) is 9.30. The van der Waals surface area contributed by atoms with E-state index in [0.29, 0.717) is 29.4 Å². The molecular weight excluding hydrogens is 526 g/mol. The van der Waals surface area contributed by atoms with Crippen molar-refractivity contribution in [2.24, 2.45) is 0 Å². The minimum absolute atomic E-state index is 0.00292. The molecule has 0 atom stereocenters. The highest BCUT2D eigenvalue weighted by atomic mass is 35.5. The van der Waals surface area contributed by atoms with Crippen molar-refractivity contribution >= 4 is 52.5 Å². The summed E-state index contributed by atoms with van der Waals surface area (Å²) in [4.78, 5) is 20.3. The van der Waals surface area contributed by atoms with Gasteiger partial charge in [-0.3, -0.25) is 0 Å². The van der Waals surface area contributed by atoms with E-state index in [9.17, 15) is 0 Å². The molecule has 11 heteroatoms. The van der Waals surface area contributed by atoms with Crippen molar-refractivity contribution in [3.63, 3.8) is 0 Å². The highest BCUT2D eigenvalue weighted by Crippen LogP contribution is 2.39. The lowest BCUT2D eigenvalue weighted by atomic mass is 9.69. The molecule has 0 amide bonds. The van der Waals surface area contributed by atoms with E-state index in [0.717, 1.165) is 48.3 Å². The molecule has 0 spiro atoms. The van der Waals surface area contributed by atoms with E-state index < -0.39 is 0 Å². The molecule has 2 aromatic heterocycles. The Morgan fingerprint density at radius 2 is 1.84 bits per heavy atom. The van der Waals surface area contributed by atoms with E-state index in [4.69, 9.17) is 38.5 Å². The largest absolute Gasteiger partial charge is 0.378 e. The minimum Gasteiger partial charge on any atom is -0.378 e. The summed E-state index contributed by atoms with van der Waals surface area (Å²) in [6.45, 7) is 3.60. The van der Waals surface area contributed by atoms with Crippen LogP contribution in [0.15, 0.2) is 59.0 Å². The van der Waals surface area contributed by atoms with Gasteiger partial charge in [-0.05, 0) is 60.6 Å². The quantitative estimate of drug-likeness (QED) is 0.233. The Hall–Kier alpha value is -2.53. The Morgan fingerprint density at radius 3 is 2.59 bits per heavy atom. The number of nitrogens with zero attached hydrogens (tertiary/aromatic N) is 5. The maximum absolute atomic E-state index is 6.35. The van der Waals surface area contributed by atoms with Crippen molar-refractivity contribution in [3.05, 3.63) is 59.4 Å². The van der Waals surface area contributed by atoms with Crippen molar-refractivity contribution in [1.82, 2.24) is 25.3 Å². The summed E-state index contributed by atoms with van der Waals surface area (Å²) >= 11 is 13.5. The fourth-order valence-electron chi connectivity index (χ4n) is 4.92. The molecular formula is C26H30ClN7OS2. The van der Waals surface area contributed by atoms with Crippen molar-refractivity contribution in [2.75, 3.05) is 43.1 Å². The number of nitrogens with one attached hydrogen (secondary N) is 2. The van der Waals surface area contributed by atoms with Gasteiger partial charge in [-0.2, -0.15) is 4.98 Å². The molecule has 0 bridgehead atoms. The third kappa shape index (κ3) is 6.87. The first-order valence-electron chi connectivity index (χ1n) is 12.6. The summed E-state index contributed by atoms with van der Waals surface area (Å²) < 4.78 is 5.52. The number of rotatable bonds is 7. The summed E-state index contributed by atoms with van der Waals surface area (Å²) in [5.41, 5.74) is 1.26. The van der Waals surface area contributed by atoms with Gasteiger partial charge in [-0.25, -0.2) is 15.0 Å². The molecule has 1 saturated carbocycles. The fourth-order valence-corrected chi connectivity index (χ4v) is 5.98. The summed E-state index contributed by atoms with van der Waals surface area (Å²) in [6, 6.07) is 12.0. The van der Waals surface area contributed by atoms with Crippen LogP contribution >= 0.6 is 35.6 Å². The van der Waals surface area contributed by atoms with Crippen LogP contribution in [0.25, 0.3) is 0 Å². The zero-order valence-electron chi connectivity index (χ0n) is 20.5. The summed E-state index contributed by atoms with van der Waals surface area (Å²) in [7, 11) is 0. The van der Waals surface area contributed by atoms with Crippen molar-refractivity contribution < 1.29 is 4.74 Å². The average Bonchev–Trinajstić information content (AvgIpc) is 2.93. The number of aromatic nitrogens is 4. The van der Waals surface area contributed by atoms with Crippen LogP contribution in [0.1, 0.15) is 37.7 Å². The van der Waals surface area contributed by atoms with Gasteiger partial charge in [0, 0.05) is 48.5 Å². The van der Waals surface area contributed by atoms with E-state index >= 15 is 0 Å². The minimum atomic E-state index is -0.00292. The molecule has 0 unspecified atom stereocenters. The van der Waals surface area contributed by atoms with Crippen LogP contribution in [0.4, 0.5) is 11.8 Å². The third-order valence-corrected chi connectivity index (χ3v) is 8.12. The van der Waals surface area contributed by atoms with E-state index in [1.54, 1.807) is 18.5 Å². The van der Waals surface area contributed by atoms with E-state index in [-0.39, 0.29) is 5.41 Å². The second-order valence-electron chi connectivity index (χ2n) is 9.28. The number of morpholine rings is 1. The van der Waals surface area contributed by atoms with Crippen molar-refractivity contribution in [2.45, 2.75) is 47.7 Å². The molecule has 0 radical (unpaired) electrons. The highest BCUT2D eigenvalue weighted by molar-refractivity contribution is 7.99. The van der Waals surface area contributed by atoms with Crippen LogP contribution in [-0.2, 0) is 10.2 Å². The predicted molar refractivity (Wildman–Crippen MR) is 152 cm³/mol. The first-order chi connectivity index (χ1) is 18.1. The van der Waals surface area contributed by atoms with E-state index in [1.165, 1.54) is 36.6 Å². The van der Waals surface area contributed by atoms with Gasteiger partial charge in [0.15, 0.2) is 10.3 Å². The smallest absolute Gasteiger partial charge is 0.232 e. The molecule has 37 heavy (non-hydrogen) atoms. The molecule has 8 nitrogen and oxygen atoms in total. The zero-order chi connectivity index (χ0) is 25.5. The van der Waals surface area contributed by atoms with Gasteiger partial charge in [0.05, 0.1) is 13.2 Å². The molecule has 2 fully saturated rings. The first kappa shape index (κ1) is 26.1. The predicted octanol–water partition coefficient (Wildman–Crippen LogP) is 5.10. The molecule has 5 rings (SSSR count). The Balaban J connectivity index is 1.32. The highest BCUT2D eigenvalue weighted by Gasteiger charge is 2.34. The molecule has 2 aliphatic rings. The molecule has 1 aliphatic carbocycles. The number of halogens is 1. The van der Waals surface area contributed by atoms with Gasteiger partial charge in [-0.15, -0.1) is 0 Å². The molecule has 194 valence electrons. The van der Waals surface area contributed by atoms with Crippen LogP contribution in [0.5, 0.6) is 0 Å². The lowest BCUT2D eigenvalue weighted by Crippen LogP contribution is -2.43. The maximum atomic E-state index is 6.35. The van der Waals surface area contributed by atoms with Gasteiger partial charge in [0.1, 0.15) is 10.8 Å². The number of anilines is 2. The fraction of sp³-hybridized carbons (Fsp3) is 0.423. The van der Waals surface area contributed by atoms with Gasteiger partial charge in [0.25, 0.3) is 0 Å². The summed E-state index contributed by atoms with van der Waals surface area (Å²) in [5, 5.41) is 9.33. The molecule has 3 aromatic rings. The monoisotopic (exact) mass is 555 g/mol. The molecule has 2 N–H and O–H groups in total. The standard InChI is InChI=1S/C26H30ClN7OS2/c27-20-7-4-6-19(16-20)26(8-2-1-3-9-26)18-30-24(36)33-23-31-21(34-12-14-35-15-13-34)17-22(32-23)37-25-28-10-5-11-29-25/h4-7,10-11,16-17H,1-3,8-9,12-15,18H2,(H2,30,31,32,33,36). The molecule has 1 aromatic carbocycles. The number of ether oxygens (including phenoxy) is 1. The number of hydrogen-bond donors (Lipinski definition) is 2. The maximum Gasteiger partial charge on any atom is 0.232 e. The van der Waals surface area contributed by atoms with E-state index in [2.05, 4.69) is 37.6 Å².